The van der Waals surface area contributed by atoms with Gasteiger partial charge >= 0.3 is 0 Å². The lowest BCUT2D eigenvalue weighted by Crippen LogP contribution is -2.64. The minimum atomic E-state index is -1.33. The number of anilines is 6. The first-order valence-electron chi connectivity index (χ1n) is 45.5. The van der Waals surface area contributed by atoms with Crippen molar-refractivity contribution in [3.8, 4) is 78.5 Å². The Morgan fingerprint density at radius 1 is 0.352 bits per heavy atom. The highest BCUT2D eigenvalue weighted by atomic mass is 16.5. The van der Waals surface area contributed by atoms with Gasteiger partial charge in [0.2, 0.25) is 0 Å². The molecular weight excluding hydrogens is 1310 g/mol. The van der Waals surface area contributed by atoms with Crippen molar-refractivity contribution in [3.63, 3.8) is 0 Å². The minimum Gasteiger partial charge on any atom is -0.456 e. The van der Waals surface area contributed by atoms with E-state index in [9.17, 15) is 24.7 Å². The van der Waals surface area contributed by atoms with Crippen LogP contribution in [0, 0.1) is 0 Å². The van der Waals surface area contributed by atoms with Crippen molar-refractivity contribution in [1.82, 2.24) is 9.13 Å². The van der Waals surface area contributed by atoms with Gasteiger partial charge in [0.15, 0.2) is 0 Å². The molecule has 16 aromatic carbocycles. The lowest BCUT2D eigenvalue weighted by Gasteiger charge is -2.47. The van der Waals surface area contributed by atoms with Crippen LogP contribution < -0.4 is 47.3 Å². The van der Waals surface area contributed by atoms with Crippen LogP contribution in [0.5, 0.6) is 11.5 Å². The van der Waals surface area contributed by atoms with E-state index >= 15 is 0 Å². The Labute approximate surface area is 652 Å². The van der Waals surface area contributed by atoms with Crippen molar-refractivity contribution in [2.24, 2.45) is 0 Å². The fourth-order valence-corrected chi connectivity index (χ4v) is 19.2. The van der Waals surface area contributed by atoms with Crippen molar-refractivity contribution < 1.29 is 29.4 Å². The Morgan fingerprint density at radius 2 is 0.870 bits per heavy atom. The molecule has 2 aliphatic carbocycles. The van der Waals surface area contributed by atoms with Crippen molar-refractivity contribution >= 4 is 124 Å². The second-order valence-corrected chi connectivity index (χ2v) is 29.9. The van der Waals surface area contributed by atoms with E-state index in [1.807, 2.05) is 138 Å². The summed E-state index contributed by atoms with van der Waals surface area (Å²) in [5, 5.41) is -0.601. The molecule has 7 heteroatoms. The third kappa shape index (κ3) is 7.86. The molecule has 18 aromatic rings. The monoisotopic (exact) mass is 1390 g/mol. The van der Waals surface area contributed by atoms with E-state index in [-0.39, 0.29) is 72.0 Å². The van der Waals surface area contributed by atoms with Crippen LogP contribution in [0.25, 0.3) is 111 Å². The predicted octanol–water partition coefficient (Wildman–Crippen LogP) is 21.5. The number of rotatable bonds is 6. The summed E-state index contributed by atoms with van der Waals surface area (Å²) in [6.45, 7) is 3.99. The first-order chi connectivity index (χ1) is 60.8. The molecule has 0 saturated carbocycles. The van der Waals surface area contributed by atoms with Crippen LogP contribution in [0.4, 0.5) is 34.1 Å². The molecule has 0 unspecified atom stereocenters. The van der Waals surface area contributed by atoms with Gasteiger partial charge in [-0.1, -0.05) is 306 Å². The molecule has 5 nitrogen and oxygen atoms in total. The van der Waals surface area contributed by atoms with Crippen LogP contribution >= 0.6 is 0 Å². The number of ether oxygens (including phenoxy) is 1. The zero-order chi connectivity index (χ0) is 86.7. The van der Waals surface area contributed by atoms with E-state index in [0.29, 0.717) is 72.9 Å². The fourth-order valence-electron chi connectivity index (χ4n) is 19.2. The molecule has 2 aromatic heterocycles. The average Bonchev–Trinajstić information content (AvgIpc) is 1.30. The van der Waals surface area contributed by atoms with Crippen LogP contribution in [-0.2, 0) is 10.8 Å². The van der Waals surface area contributed by atoms with E-state index in [1.165, 1.54) is 4.57 Å². The normalized spacial score (nSPS) is 16.3. The number of nitrogens with zero attached hydrogens (tertiary/aromatic N) is 4. The molecule has 4 aliphatic heterocycles. The van der Waals surface area contributed by atoms with E-state index in [1.54, 1.807) is 4.57 Å². The molecule has 0 fully saturated rings. The largest absolute Gasteiger partial charge is 0.456 e. The highest BCUT2D eigenvalue weighted by molar-refractivity contribution is 7.02. The third-order valence-electron chi connectivity index (χ3n) is 23.6. The number of fused-ring (bicyclic) bond motifs is 25. The van der Waals surface area contributed by atoms with Gasteiger partial charge < -0.3 is 23.7 Å². The highest BCUT2D eigenvalue weighted by Gasteiger charge is 2.55. The van der Waals surface area contributed by atoms with Crippen molar-refractivity contribution in [1.29, 1.82) is 0 Å². The number of aromatic nitrogens is 2. The maximum absolute atomic E-state index is 11.9. The number of hydrogen-bond acceptors (Lipinski definition) is 3. The Kier molecular flexibility index (Phi) is 9.14. The lowest BCUT2D eigenvalue weighted by molar-refractivity contribution is 0.489. The molecule has 0 bridgehead atoms. The third-order valence-corrected chi connectivity index (χ3v) is 23.6. The van der Waals surface area contributed by atoms with Crippen LogP contribution in [0.1, 0.15) is 73.3 Å². The zero-order valence-corrected chi connectivity index (χ0v) is 58.4. The van der Waals surface area contributed by atoms with E-state index in [4.69, 9.17) is 4.74 Å². The molecule has 502 valence electrons. The Balaban J connectivity index is 0.942. The second kappa shape index (κ2) is 21.9. The van der Waals surface area contributed by atoms with Gasteiger partial charge in [0.25, 0.3) is 13.4 Å². The smallest absolute Gasteiger partial charge is 0.256 e. The predicted molar refractivity (Wildman–Crippen MR) is 452 cm³/mol. The summed E-state index contributed by atoms with van der Waals surface area (Å²) >= 11 is 0. The standard InChI is InChI=1S/C101H66B2N4O/c1-100(2,3)65-57-89-94-90(58-65)107(96-67(62-30-9-5-10-31-62)40-25-41-68(96)63-32-11-6-12-33-63)88-59-66(104-84-48-22-16-36-71(84)72-37-17-23-49-85(72)104)53-55-80(88)102(94)83-60-91-95-99(108-92-56-64(61-28-7-4-8-29-61)52-54-81(92)103(95)82-47-26-42-74-73-38-18-24-50-86(73)105(91)97(74)82)98(83)106(89)87-51-27-46-79-93(87)75-39-15-21-45-78(75)101(79)76-43-19-13-34-69(76)70-35-14-20-44-77(70)101/h4-60H,1-3H3/i16D,17D,18D,22D,23D,24D,26D,36D,37D,38D,42D,47D,48D,49D,50D,53D,55D,59D. The van der Waals surface area contributed by atoms with Gasteiger partial charge in [-0.2, -0.15) is 0 Å². The van der Waals surface area contributed by atoms with Gasteiger partial charge in [-0.15, -0.1) is 0 Å². The summed E-state index contributed by atoms with van der Waals surface area (Å²) < 4.78 is 192. The Hall–Kier alpha value is -13.4. The summed E-state index contributed by atoms with van der Waals surface area (Å²) in [6, 6.07) is 69.4. The summed E-state index contributed by atoms with van der Waals surface area (Å²) in [5.41, 5.74) is 15.9. The lowest BCUT2D eigenvalue weighted by atomic mass is 9.31. The number of para-hydroxylation sites is 5. The molecule has 0 amide bonds. The van der Waals surface area contributed by atoms with Gasteiger partial charge in [-0.3, -0.25) is 0 Å². The van der Waals surface area contributed by atoms with Gasteiger partial charge in [0.1, 0.15) is 11.5 Å². The molecule has 6 heterocycles. The van der Waals surface area contributed by atoms with Gasteiger partial charge in [0.05, 0.1) is 63.7 Å². The van der Waals surface area contributed by atoms with Crippen LogP contribution in [0.15, 0.2) is 345 Å². The maximum Gasteiger partial charge on any atom is 0.256 e. The number of hydrogen-bond donors (Lipinski definition) is 0. The quantitative estimate of drug-likeness (QED) is 0.155. The van der Waals surface area contributed by atoms with Crippen LogP contribution in [0.3, 0.4) is 0 Å². The molecule has 1 spiro atoms. The van der Waals surface area contributed by atoms with Crippen LogP contribution in [0.2, 0.25) is 0 Å². The summed E-state index contributed by atoms with van der Waals surface area (Å²) in [6.07, 6.45) is 0. The minimum absolute atomic E-state index is 0.00382. The maximum atomic E-state index is 11.9. The highest BCUT2D eigenvalue weighted by Crippen LogP contribution is 2.66. The molecule has 0 radical (unpaired) electrons. The zero-order valence-electron chi connectivity index (χ0n) is 76.4. The summed E-state index contributed by atoms with van der Waals surface area (Å²) in [4.78, 5) is 4.29. The first-order valence-corrected chi connectivity index (χ1v) is 36.5. The Morgan fingerprint density at radius 3 is 1.51 bits per heavy atom. The average molecular weight is 1390 g/mol. The molecule has 6 aliphatic rings. The molecule has 24 rings (SSSR count). The number of benzene rings is 16. The van der Waals surface area contributed by atoms with Crippen molar-refractivity contribution in [2.45, 2.75) is 31.6 Å². The molecule has 108 heavy (non-hydrogen) atoms. The molecule has 0 N–H and O–H groups in total. The van der Waals surface area contributed by atoms with Gasteiger partial charge in [-0.25, -0.2) is 0 Å². The van der Waals surface area contributed by atoms with E-state index < -0.39 is 133 Å². The first kappa shape index (κ1) is 45.1. The van der Waals surface area contributed by atoms with Gasteiger partial charge in [0, 0.05) is 72.2 Å². The van der Waals surface area contributed by atoms with Crippen molar-refractivity contribution in [3.05, 3.63) is 373 Å². The van der Waals surface area contributed by atoms with Crippen LogP contribution in [-0.4, -0.2) is 22.6 Å². The van der Waals surface area contributed by atoms with E-state index in [2.05, 4.69) is 129 Å². The summed E-state index contributed by atoms with van der Waals surface area (Å²) in [5.74, 6) is 0.568. The SMILES string of the molecule is [2H]c1c([2H])c(-n2c3c([2H])c([2H])c([2H])c([2H])c3c3c([2H])c([2H])c([2H])c([2H])c32)c([2H])c2c1B1c3cc4c5c(c3N(c3cccc6c3-c3ccccc3C63c6ccccc6-c6ccccc63)c3cc(C(C)(C)C)cc(c31)N2c1c(-c2ccccc2)cccc1-c1ccccc1)Oc1cc(-c2ccccc2)ccc1B5c1c([2H])c([2H])c([2H])c2c3c([2H])c([2H])c([2H])c([2H])c3n-4c12. The van der Waals surface area contributed by atoms with Gasteiger partial charge in [-0.05, 0) is 165 Å². The topological polar surface area (TPSA) is 25.6 Å². The molecular formula is C101H66B2N4O. The molecule has 0 saturated heterocycles. The molecule has 0 atom stereocenters. The van der Waals surface area contributed by atoms with Crippen molar-refractivity contribution in [2.75, 3.05) is 9.80 Å². The summed E-state index contributed by atoms with van der Waals surface area (Å²) in [7, 11) is 0. The second-order valence-electron chi connectivity index (χ2n) is 29.9. The Bertz CT molecular complexity index is 7950. The fraction of sp³-hybridized carbons (Fsp3) is 0.0495. The van der Waals surface area contributed by atoms with E-state index in [0.717, 1.165) is 72.3 Å².